The average Bonchev–Trinajstić information content (AvgIpc) is 3.21. The van der Waals surface area contributed by atoms with Crippen LogP contribution in [0.5, 0.6) is 5.75 Å². The van der Waals surface area contributed by atoms with Gasteiger partial charge in [-0.05, 0) is 31.4 Å². The molecule has 0 saturated heterocycles. The first-order valence-electron chi connectivity index (χ1n) is 7.07. The molecule has 7 heteroatoms. The maximum atomic E-state index is 11.9. The number of rotatable bonds is 6. The van der Waals surface area contributed by atoms with E-state index < -0.39 is 5.54 Å². The van der Waals surface area contributed by atoms with Crippen LogP contribution in [0.25, 0.3) is 0 Å². The van der Waals surface area contributed by atoms with Gasteiger partial charge in [0.1, 0.15) is 5.75 Å². The number of nitrogens with two attached hydrogens (primary N) is 1. The smallest absolute Gasteiger partial charge is 0.240 e. The second-order valence-corrected chi connectivity index (χ2v) is 5.92. The van der Waals surface area contributed by atoms with Crippen LogP contribution in [-0.4, -0.2) is 31.0 Å². The Balaban J connectivity index is 1.86. The lowest BCUT2D eigenvalue weighted by Gasteiger charge is -2.13. The van der Waals surface area contributed by atoms with Crippen molar-refractivity contribution in [2.75, 3.05) is 19.0 Å². The SMILES string of the molecule is COc1cc(Cl)c(C)cc1NC(=O)CCNC(=O)C1(N)CC1. The van der Waals surface area contributed by atoms with E-state index in [2.05, 4.69) is 10.6 Å². The molecule has 0 atom stereocenters. The van der Waals surface area contributed by atoms with Gasteiger partial charge in [-0.2, -0.15) is 0 Å². The first kappa shape index (κ1) is 16.6. The third kappa shape index (κ3) is 3.90. The van der Waals surface area contributed by atoms with Crippen molar-refractivity contribution in [2.24, 2.45) is 5.73 Å². The molecule has 6 nitrogen and oxygen atoms in total. The predicted octanol–water partition coefficient (Wildman–Crippen LogP) is 1.59. The van der Waals surface area contributed by atoms with E-state index >= 15 is 0 Å². The number of benzene rings is 1. The van der Waals surface area contributed by atoms with E-state index in [0.29, 0.717) is 29.3 Å². The molecule has 2 amide bonds. The Hall–Kier alpha value is -1.79. The molecule has 1 aromatic rings. The summed E-state index contributed by atoms with van der Waals surface area (Å²) in [5.74, 6) is 0.0780. The minimum atomic E-state index is -0.715. The summed E-state index contributed by atoms with van der Waals surface area (Å²) in [6.07, 6.45) is 1.56. The summed E-state index contributed by atoms with van der Waals surface area (Å²) in [5.41, 5.74) is 6.43. The van der Waals surface area contributed by atoms with Gasteiger partial charge in [-0.15, -0.1) is 0 Å². The number of hydrogen-bond acceptors (Lipinski definition) is 4. The highest BCUT2D eigenvalue weighted by atomic mass is 35.5. The number of methoxy groups -OCH3 is 1. The van der Waals surface area contributed by atoms with Crippen molar-refractivity contribution in [1.29, 1.82) is 0 Å². The number of hydrogen-bond donors (Lipinski definition) is 3. The third-order valence-corrected chi connectivity index (χ3v) is 4.04. The summed E-state index contributed by atoms with van der Waals surface area (Å²) in [7, 11) is 1.51. The van der Waals surface area contributed by atoms with Crippen LogP contribution in [0.15, 0.2) is 12.1 Å². The van der Waals surface area contributed by atoms with Crippen molar-refractivity contribution in [3.8, 4) is 5.75 Å². The molecule has 0 spiro atoms. The van der Waals surface area contributed by atoms with E-state index in [1.54, 1.807) is 12.1 Å². The van der Waals surface area contributed by atoms with Gasteiger partial charge in [0.2, 0.25) is 11.8 Å². The Kier molecular flexibility index (Phi) is 4.93. The quantitative estimate of drug-likeness (QED) is 0.740. The monoisotopic (exact) mass is 325 g/mol. The number of halogens is 1. The molecule has 0 aliphatic heterocycles. The third-order valence-electron chi connectivity index (χ3n) is 3.63. The van der Waals surface area contributed by atoms with E-state index in [0.717, 1.165) is 5.56 Å². The fourth-order valence-corrected chi connectivity index (χ4v) is 2.12. The largest absolute Gasteiger partial charge is 0.495 e. The highest BCUT2D eigenvalue weighted by molar-refractivity contribution is 6.31. The highest BCUT2D eigenvalue weighted by Crippen LogP contribution is 2.32. The Morgan fingerprint density at radius 1 is 1.41 bits per heavy atom. The predicted molar refractivity (Wildman–Crippen MR) is 85.1 cm³/mol. The normalized spacial score (nSPS) is 15.1. The van der Waals surface area contributed by atoms with Crippen molar-refractivity contribution >= 4 is 29.1 Å². The Bertz CT molecular complexity index is 600. The topological polar surface area (TPSA) is 93.5 Å². The van der Waals surface area contributed by atoms with Crippen LogP contribution in [0.2, 0.25) is 5.02 Å². The summed E-state index contributed by atoms with van der Waals surface area (Å²) in [4.78, 5) is 23.6. The summed E-state index contributed by atoms with van der Waals surface area (Å²) in [6, 6.07) is 3.40. The summed E-state index contributed by atoms with van der Waals surface area (Å²) in [6.45, 7) is 2.09. The molecular formula is C15H20ClN3O3. The van der Waals surface area contributed by atoms with Crippen LogP contribution < -0.4 is 21.1 Å². The van der Waals surface area contributed by atoms with Gasteiger partial charge < -0.3 is 21.1 Å². The lowest BCUT2D eigenvalue weighted by atomic mass is 10.2. The van der Waals surface area contributed by atoms with Crippen molar-refractivity contribution < 1.29 is 14.3 Å². The van der Waals surface area contributed by atoms with E-state index in [4.69, 9.17) is 22.1 Å². The van der Waals surface area contributed by atoms with Crippen LogP contribution in [0.1, 0.15) is 24.8 Å². The van der Waals surface area contributed by atoms with Gasteiger partial charge in [0.25, 0.3) is 0 Å². The van der Waals surface area contributed by atoms with Gasteiger partial charge in [-0.25, -0.2) is 0 Å². The van der Waals surface area contributed by atoms with Crippen LogP contribution in [0, 0.1) is 6.92 Å². The molecule has 1 aliphatic rings. The molecule has 1 saturated carbocycles. The number of carbonyl (C=O) groups is 2. The lowest BCUT2D eigenvalue weighted by Crippen LogP contribution is -2.43. The minimum absolute atomic E-state index is 0.159. The van der Waals surface area contributed by atoms with Gasteiger partial charge in [0.15, 0.2) is 0 Å². The number of nitrogens with one attached hydrogen (secondary N) is 2. The molecule has 1 aliphatic carbocycles. The molecular weight excluding hydrogens is 306 g/mol. The first-order chi connectivity index (χ1) is 10.4. The summed E-state index contributed by atoms with van der Waals surface area (Å²) in [5, 5.41) is 6.00. The fourth-order valence-electron chi connectivity index (χ4n) is 1.97. The molecule has 0 unspecified atom stereocenters. The minimum Gasteiger partial charge on any atom is -0.495 e. The number of carbonyl (C=O) groups excluding carboxylic acids is 2. The molecule has 4 N–H and O–H groups in total. The number of anilines is 1. The van der Waals surface area contributed by atoms with Gasteiger partial charge >= 0.3 is 0 Å². The van der Waals surface area contributed by atoms with E-state index in [1.807, 2.05) is 6.92 Å². The number of amides is 2. The van der Waals surface area contributed by atoms with Crippen LogP contribution in [0.3, 0.4) is 0 Å². The van der Waals surface area contributed by atoms with Crippen LogP contribution in [0.4, 0.5) is 5.69 Å². The zero-order chi connectivity index (χ0) is 16.3. The van der Waals surface area contributed by atoms with Gasteiger partial charge in [0.05, 0.1) is 18.3 Å². The molecule has 1 aromatic carbocycles. The van der Waals surface area contributed by atoms with Crippen molar-refractivity contribution in [1.82, 2.24) is 5.32 Å². The van der Waals surface area contributed by atoms with Crippen LogP contribution >= 0.6 is 11.6 Å². The van der Waals surface area contributed by atoms with Crippen LogP contribution in [-0.2, 0) is 9.59 Å². The average molecular weight is 326 g/mol. The molecule has 1 fully saturated rings. The molecule has 0 radical (unpaired) electrons. The Morgan fingerprint density at radius 2 is 2.09 bits per heavy atom. The zero-order valence-corrected chi connectivity index (χ0v) is 13.4. The first-order valence-corrected chi connectivity index (χ1v) is 7.45. The van der Waals surface area contributed by atoms with Crippen molar-refractivity contribution in [2.45, 2.75) is 31.7 Å². The molecule has 0 aromatic heterocycles. The van der Waals surface area contributed by atoms with E-state index in [-0.39, 0.29) is 24.8 Å². The second-order valence-electron chi connectivity index (χ2n) is 5.51. The van der Waals surface area contributed by atoms with Gasteiger partial charge in [-0.1, -0.05) is 11.6 Å². The van der Waals surface area contributed by atoms with Gasteiger partial charge in [0, 0.05) is 24.1 Å². The molecule has 2 rings (SSSR count). The lowest BCUT2D eigenvalue weighted by molar-refractivity contribution is -0.123. The molecule has 22 heavy (non-hydrogen) atoms. The van der Waals surface area contributed by atoms with Gasteiger partial charge in [-0.3, -0.25) is 9.59 Å². The number of ether oxygens (including phenoxy) is 1. The standard InChI is InChI=1S/C15H20ClN3O3/c1-9-7-11(12(22-2)8-10(9)16)19-13(20)3-6-18-14(21)15(17)4-5-15/h7-8H,3-6,17H2,1-2H3,(H,18,21)(H,19,20). The van der Waals surface area contributed by atoms with Crippen molar-refractivity contribution in [3.63, 3.8) is 0 Å². The van der Waals surface area contributed by atoms with E-state index in [1.165, 1.54) is 7.11 Å². The van der Waals surface area contributed by atoms with E-state index in [9.17, 15) is 9.59 Å². The molecule has 0 heterocycles. The van der Waals surface area contributed by atoms with Crippen molar-refractivity contribution in [3.05, 3.63) is 22.7 Å². The maximum Gasteiger partial charge on any atom is 0.240 e. The Labute approximate surface area is 134 Å². The summed E-state index contributed by atoms with van der Waals surface area (Å²) < 4.78 is 5.19. The molecule has 0 bridgehead atoms. The molecule has 120 valence electrons. The summed E-state index contributed by atoms with van der Waals surface area (Å²) >= 11 is 6.02. The zero-order valence-electron chi connectivity index (χ0n) is 12.7. The number of aryl methyl sites for hydroxylation is 1. The fraction of sp³-hybridized carbons (Fsp3) is 0.467. The highest BCUT2D eigenvalue weighted by Gasteiger charge is 2.45. The Morgan fingerprint density at radius 3 is 2.68 bits per heavy atom. The maximum absolute atomic E-state index is 11.9. The second kappa shape index (κ2) is 6.54.